The van der Waals surface area contributed by atoms with Crippen molar-refractivity contribution in [3.63, 3.8) is 0 Å². The van der Waals surface area contributed by atoms with E-state index in [9.17, 15) is 0 Å². The summed E-state index contributed by atoms with van der Waals surface area (Å²) in [6.07, 6.45) is 1.74. The molecule has 0 fully saturated rings. The van der Waals surface area contributed by atoms with Crippen LogP contribution in [0.5, 0.6) is 0 Å². The summed E-state index contributed by atoms with van der Waals surface area (Å²) in [6, 6.07) is 31.9. The fraction of sp³-hybridized carbons (Fsp3) is 0.0968. The second kappa shape index (κ2) is 8.06. The Morgan fingerprint density at radius 1 is 0.636 bits per heavy atom. The van der Waals surface area contributed by atoms with Gasteiger partial charge < -0.3 is 0 Å². The predicted octanol–water partition coefficient (Wildman–Crippen LogP) is 9.35. The molecule has 33 heavy (non-hydrogen) atoms. The van der Waals surface area contributed by atoms with E-state index in [1.807, 2.05) is 6.07 Å². The second-order valence-corrected chi connectivity index (χ2v) is 9.69. The number of fused-ring (bicyclic) bond motifs is 3. The van der Waals surface area contributed by atoms with E-state index < -0.39 is 0 Å². The highest BCUT2D eigenvalue weighted by Gasteiger charge is 2.31. The number of hydrogen-bond acceptors (Lipinski definition) is 0. The Bertz CT molecular complexity index is 1460. The second-order valence-electron chi connectivity index (χ2n) is 8.84. The van der Waals surface area contributed by atoms with Gasteiger partial charge in [-0.2, -0.15) is 0 Å². The van der Waals surface area contributed by atoms with Crippen LogP contribution in [0.15, 0.2) is 96.6 Å². The standard InChI is InChI=1S/C31H22Cl2/c1-19-16-27(30(21-10-6-3-7-11-21)29(19)20-8-4-2-5-9-20)31-26-18-22-17-23(32)12-13-24(22)25(26)14-15-28(31)33/h2-15,17H,16,18H2,1H3. The zero-order chi connectivity index (χ0) is 22.5. The van der Waals surface area contributed by atoms with Crippen molar-refractivity contribution >= 4 is 39.9 Å². The third kappa shape index (κ3) is 3.37. The highest BCUT2D eigenvalue weighted by molar-refractivity contribution is 6.34. The third-order valence-electron chi connectivity index (χ3n) is 6.83. The summed E-state index contributed by atoms with van der Waals surface area (Å²) in [6.45, 7) is 2.25. The first-order valence-corrected chi connectivity index (χ1v) is 12.0. The van der Waals surface area contributed by atoms with Crippen molar-refractivity contribution in [3.05, 3.63) is 134 Å². The summed E-state index contributed by atoms with van der Waals surface area (Å²) in [5.41, 5.74) is 14.1. The summed E-state index contributed by atoms with van der Waals surface area (Å²) >= 11 is 13.3. The van der Waals surface area contributed by atoms with Crippen LogP contribution in [0.1, 0.15) is 41.2 Å². The van der Waals surface area contributed by atoms with E-state index in [1.54, 1.807) is 0 Å². The van der Waals surface area contributed by atoms with Gasteiger partial charge in [0, 0.05) is 15.6 Å². The molecule has 0 unspecified atom stereocenters. The van der Waals surface area contributed by atoms with Crippen molar-refractivity contribution < 1.29 is 0 Å². The van der Waals surface area contributed by atoms with Crippen molar-refractivity contribution in [2.75, 3.05) is 0 Å². The molecule has 2 aliphatic rings. The summed E-state index contributed by atoms with van der Waals surface area (Å²) in [4.78, 5) is 0. The van der Waals surface area contributed by atoms with Gasteiger partial charge in [-0.05, 0) is 88.1 Å². The van der Waals surface area contributed by atoms with Crippen LogP contribution in [0.2, 0.25) is 10.0 Å². The molecule has 0 saturated carbocycles. The van der Waals surface area contributed by atoms with Crippen LogP contribution in [-0.4, -0.2) is 0 Å². The van der Waals surface area contributed by atoms with E-state index in [0.29, 0.717) is 0 Å². The largest absolute Gasteiger partial charge is 0.0843 e. The Balaban J connectivity index is 1.62. The molecule has 0 radical (unpaired) electrons. The smallest absolute Gasteiger partial charge is 0.0484 e. The zero-order valence-electron chi connectivity index (χ0n) is 18.3. The van der Waals surface area contributed by atoms with Gasteiger partial charge in [0.25, 0.3) is 0 Å². The van der Waals surface area contributed by atoms with Gasteiger partial charge in [0.2, 0.25) is 0 Å². The first-order valence-electron chi connectivity index (χ1n) is 11.3. The summed E-state index contributed by atoms with van der Waals surface area (Å²) in [5.74, 6) is 0. The van der Waals surface area contributed by atoms with Crippen molar-refractivity contribution in [1.82, 2.24) is 0 Å². The lowest BCUT2D eigenvalue weighted by Crippen LogP contribution is -1.96. The maximum Gasteiger partial charge on any atom is 0.0484 e. The SMILES string of the molecule is CC1=C(c2ccccc2)C(c2ccccc2)=C(c2c(Cl)ccc3c2Cc2cc(Cl)ccc2-3)C1. The minimum Gasteiger partial charge on any atom is -0.0843 e. The molecule has 0 heterocycles. The molecular weight excluding hydrogens is 443 g/mol. The Kier molecular flexibility index (Phi) is 5.02. The van der Waals surface area contributed by atoms with Crippen LogP contribution < -0.4 is 0 Å². The predicted molar refractivity (Wildman–Crippen MR) is 142 cm³/mol. The lowest BCUT2D eigenvalue weighted by Gasteiger charge is -2.17. The van der Waals surface area contributed by atoms with E-state index in [0.717, 1.165) is 22.9 Å². The minimum atomic E-state index is 0.781. The fourth-order valence-corrected chi connectivity index (χ4v) is 5.97. The maximum absolute atomic E-state index is 6.98. The van der Waals surface area contributed by atoms with Crippen LogP contribution in [0.3, 0.4) is 0 Å². The average molecular weight is 465 g/mol. The van der Waals surface area contributed by atoms with Gasteiger partial charge in [-0.25, -0.2) is 0 Å². The number of hydrogen-bond donors (Lipinski definition) is 0. The van der Waals surface area contributed by atoms with Crippen LogP contribution in [0.4, 0.5) is 0 Å². The summed E-state index contributed by atoms with van der Waals surface area (Å²) in [5, 5.41) is 1.60. The molecule has 0 amide bonds. The molecule has 0 atom stereocenters. The normalized spacial score (nSPS) is 14.6. The molecule has 0 spiro atoms. The lowest BCUT2D eigenvalue weighted by molar-refractivity contribution is 1.21. The van der Waals surface area contributed by atoms with Crippen molar-refractivity contribution in [2.24, 2.45) is 0 Å². The first kappa shape index (κ1) is 20.5. The molecule has 4 aromatic rings. The number of allylic oxidation sites excluding steroid dienone is 4. The molecular formula is C31H22Cl2. The summed E-state index contributed by atoms with van der Waals surface area (Å²) < 4.78 is 0. The molecule has 6 rings (SSSR count). The molecule has 0 aromatic heterocycles. The molecule has 4 aromatic carbocycles. The van der Waals surface area contributed by atoms with Gasteiger partial charge in [0.15, 0.2) is 0 Å². The van der Waals surface area contributed by atoms with E-state index in [2.05, 4.69) is 91.9 Å². The Morgan fingerprint density at radius 3 is 1.97 bits per heavy atom. The van der Waals surface area contributed by atoms with Crippen molar-refractivity contribution in [1.29, 1.82) is 0 Å². The van der Waals surface area contributed by atoms with Crippen LogP contribution in [0, 0.1) is 0 Å². The number of rotatable bonds is 3. The summed E-state index contributed by atoms with van der Waals surface area (Å²) in [7, 11) is 0. The van der Waals surface area contributed by atoms with Crippen molar-refractivity contribution in [3.8, 4) is 11.1 Å². The highest BCUT2D eigenvalue weighted by atomic mass is 35.5. The molecule has 0 N–H and O–H groups in total. The van der Waals surface area contributed by atoms with E-state index in [1.165, 1.54) is 61.2 Å². The third-order valence-corrected chi connectivity index (χ3v) is 7.38. The van der Waals surface area contributed by atoms with Gasteiger partial charge in [-0.3, -0.25) is 0 Å². The minimum absolute atomic E-state index is 0.781. The van der Waals surface area contributed by atoms with Gasteiger partial charge >= 0.3 is 0 Å². The van der Waals surface area contributed by atoms with E-state index in [-0.39, 0.29) is 0 Å². The lowest BCUT2D eigenvalue weighted by atomic mass is 9.87. The molecule has 0 nitrogen and oxygen atoms in total. The van der Waals surface area contributed by atoms with E-state index >= 15 is 0 Å². The van der Waals surface area contributed by atoms with Gasteiger partial charge in [-0.15, -0.1) is 0 Å². The van der Waals surface area contributed by atoms with Crippen LogP contribution in [0.25, 0.3) is 27.8 Å². The topological polar surface area (TPSA) is 0 Å². The van der Waals surface area contributed by atoms with Gasteiger partial charge in [0.05, 0.1) is 0 Å². The fourth-order valence-electron chi connectivity index (χ4n) is 5.48. The highest BCUT2D eigenvalue weighted by Crippen LogP contribution is 2.52. The molecule has 0 aliphatic heterocycles. The Hall–Kier alpha value is -3.06. The van der Waals surface area contributed by atoms with Crippen LogP contribution >= 0.6 is 23.2 Å². The Morgan fingerprint density at radius 2 is 1.27 bits per heavy atom. The maximum atomic E-state index is 6.98. The van der Waals surface area contributed by atoms with Crippen molar-refractivity contribution in [2.45, 2.75) is 19.8 Å². The quantitative estimate of drug-likeness (QED) is 0.249. The monoisotopic (exact) mass is 464 g/mol. The van der Waals surface area contributed by atoms with E-state index in [4.69, 9.17) is 23.2 Å². The molecule has 2 aliphatic carbocycles. The zero-order valence-corrected chi connectivity index (χ0v) is 19.8. The average Bonchev–Trinajstić information content (AvgIpc) is 3.36. The molecule has 0 bridgehead atoms. The number of halogens is 2. The molecule has 2 heteroatoms. The molecule has 160 valence electrons. The van der Waals surface area contributed by atoms with Gasteiger partial charge in [0.1, 0.15) is 0 Å². The van der Waals surface area contributed by atoms with Crippen LogP contribution in [-0.2, 0) is 6.42 Å². The first-order chi connectivity index (χ1) is 16.1. The molecule has 0 saturated heterocycles. The van der Waals surface area contributed by atoms with Gasteiger partial charge in [-0.1, -0.05) is 102 Å². The Labute approximate surface area is 204 Å². The number of benzene rings is 4.